The Kier molecular flexibility index (Phi) is 3.86. The van der Waals surface area contributed by atoms with Gasteiger partial charge in [0.2, 0.25) is 0 Å². The molecule has 4 heteroatoms. The Morgan fingerprint density at radius 2 is 2.29 bits per heavy atom. The molecule has 0 aliphatic carbocycles. The predicted octanol–water partition coefficient (Wildman–Crippen LogP) is 3.93. The van der Waals surface area contributed by atoms with Crippen LogP contribution in [-0.2, 0) is 0 Å². The molecule has 0 aliphatic heterocycles. The highest BCUT2D eigenvalue weighted by Crippen LogP contribution is 2.29. The Morgan fingerprint density at radius 3 is 3.00 bits per heavy atom. The summed E-state index contributed by atoms with van der Waals surface area (Å²) in [5.41, 5.74) is 1.06. The van der Waals surface area contributed by atoms with Crippen LogP contribution in [0, 0.1) is 0 Å². The van der Waals surface area contributed by atoms with E-state index in [9.17, 15) is 4.79 Å². The van der Waals surface area contributed by atoms with Crippen LogP contribution < -0.4 is 0 Å². The molecule has 17 heavy (non-hydrogen) atoms. The van der Waals surface area contributed by atoms with E-state index in [1.54, 1.807) is 6.07 Å². The van der Waals surface area contributed by atoms with Crippen LogP contribution in [0.4, 0.5) is 0 Å². The SMILES string of the molecule is O=C(O)c1cc2c(C=CCCS)cccc2s1. The van der Waals surface area contributed by atoms with Crippen LogP contribution in [0.2, 0.25) is 0 Å². The quantitative estimate of drug-likeness (QED) is 0.821. The van der Waals surface area contributed by atoms with Gasteiger partial charge in [-0.2, -0.15) is 12.6 Å². The molecule has 2 rings (SSSR count). The molecular weight excluding hydrogens is 252 g/mol. The van der Waals surface area contributed by atoms with Gasteiger partial charge in [-0.1, -0.05) is 24.3 Å². The van der Waals surface area contributed by atoms with E-state index >= 15 is 0 Å². The van der Waals surface area contributed by atoms with E-state index in [1.807, 2.05) is 24.3 Å². The summed E-state index contributed by atoms with van der Waals surface area (Å²) in [6, 6.07) is 7.63. The monoisotopic (exact) mass is 264 g/mol. The molecule has 0 amide bonds. The molecule has 0 aliphatic rings. The largest absolute Gasteiger partial charge is 0.477 e. The molecule has 0 saturated carbocycles. The van der Waals surface area contributed by atoms with Gasteiger partial charge in [0, 0.05) is 10.1 Å². The van der Waals surface area contributed by atoms with Gasteiger partial charge in [0.15, 0.2) is 0 Å². The maximum absolute atomic E-state index is 10.9. The van der Waals surface area contributed by atoms with Crippen molar-refractivity contribution >= 4 is 46.1 Å². The highest BCUT2D eigenvalue weighted by molar-refractivity contribution is 7.80. The maximum atomic E-state index is 10.9. The Labute approximate surface area is 109 Å². The van der Waals surface area contributed by atoms with E-state index in [-0.39, 0.29) is 0 Å². The maximum Gasteiger partial charge on any atom is 0.345 e. The van der Waals surface area contributed by atoms with Crippen molar-refractivity contribution in [2.75, 3.05) is 5.75 Å². The molecule has 0 spiro atoms. The summed E-state index contributed by atoms with van der Waals surface area (Å²) < 4.78 is 1.01. The molecule has 1 heterocycles. The third-order valence-corrected chi connectivity index (χ3v) is 3.75. The van der Waals surface area contributed by atoms with Gasteiger partial charge in [-0.15, -0.1) is 11.3 Å². The van der Waals surface area contributed by atoms with Gasteiger partial charge in [-0.05, 0) is 29.9 Å². The fourth-order valence-corrected chi connectivity index (χ4v) is 2.70. The van der Waals surface area contributed by atoms with Crippen LogP contribution in [-0.4, -0.2) is 16.8 Å². The topological polar surface area (TPSA) is 37.3 Å². The van der Waals surface area contributed by atoms with Gasteiger partial charge in [-0.3, -0.25) is 0 Å². The first-order valence-corrected chi connectivity index (χ1v) is 6.70. The van der Waals surface area contributed by atoms with Gasteiger partial charge in [0.1, 0.15) is 4.88 Å². The molecule has 2 aromatic rings. The van der Waals surface area contributed by atoms with E-state index in [1.165, 1.54) is 11.3 Å². The molecule has 2 nitrogen and oxygen atoms in total. The summed E-state index contributed by atoms with van der Waals surface area (Å²) in [6.45, 7) is 0. The lowest BCUT2D eigenvalue weighted by Crippen LogP contribution is -1.89. The third kappa shape index (κ3) is 2.70. The van der Waals surface area contributed by atoms with Gasteiger partial charge in [-0.25, -0.2) is 4.79 Å². The molecular formula is C13H12O2S2. The first-order valence-electron chi connectivity index (χ1n) is 5.25. The van der Waals surface area contributed by atoms with E-state index in [4.69, 9.17) is 5.11 Å². The zero-order valence-corrected chi connectivity index (χ0v) is 10.8. The molecule has 88 valence electrons. The molecule has 0 bridgehead atoms. The second-order valence-corrected chi connectivity index (χ2v) is 5.12. The van der Waals surface area contributed by atoms with Gasteiger partial charge >= 0.3 is 5.97 Å². The number of thiol groups is 1. The summed E-state index contributed by atoms with van der Waals surface area (Å²) >= 11 is 5.45. The third-order valence-electron chi connectivity index (χ3n) is 2.40. The number of thiophene rings is 1. The van der Waals surface area contributed by atoms with Crippen LogP contribution in [0.1, 0.15) is 21.7 Å². The first kappa shape index (κ1) is 12.2. The lowest BCUT2D eigenvalue weighted by Gasteiger charge is -1.95. The fourth-order valence-electron chi connectivity index (χ4n) is 1.62. The first-order chi connectivity index (χ1) is 8.22. The minimum absolute atomic E-state index is 0.384. The van der Waals surface area contributed by atoms with Gasteiger partial charge in [0.25, 0.3) is 0 Å². The van der Waals surface area contributed by atoms with Gasteiger partial charge < -0.3 is 5.11 Å². The van der Waals surface area contributed by atoms with Crippen LogP contribution in [0.3, 0.4) is 0 Å². The normalized spacial score (nSPS) is 11.4. The number of aromatic carboxylic acids is 1. The number of fused-ring (bicyclic) bond motifs is 1. The zero-order valence-electron chi connectivity index (χ0n) is 9.09. The number of hydrogen-bond acceptors (Lipinski definition) is 3. The van der Waals surface area contributed by atoms with E-state index in [2.05, 4.69) is 18.7 Å². The average Bonchev–Trinajstić information content (AvgIpc) is 2.74. The molecule has 0 radical (unpaired) electrons. The highest BCUT2D eigenvalue weighted by atomic mass is 32.1. The van der Waals surface area contributed by atoms with Crippen molar-refractivity contribution in [3.8, 4) is 0 Å². The van der Waals surface area contributed by atoms with Crippen LogP contribution in [0.15, 0.2) is 30.3 Å². The second-order valence-electron chi connectivity index (χ2n) is 3.59. The summed E-state index contributed by atoms with van der Waals surface area (Å²) in [7, 11) is 0. The Morgan fingerprint density at radius 1 is 1.47 bits per heavy atom. The summed E-state index contributed by atoms with van der Waals surface area (Å²) in [4.78, 5) is 11.3. The Bertz CT molecular complexity index is 570. The van der Waals surface area contributed by atoms with Crippen LogP contribution in [0.25, 0.3) is 16.2 Å². The fraction of sp³-hybridized carbons (Fsp3) is 0.154. The Hall–Kier alpha value is -1.26. The number of carboxylic acids is 1. The number of benzene rings is 1. The molecule has 0 unspecified atom stereocenters. The molecule has 0 fully saturated rings. The molecule has 1 N–H and O–H groups in total. The van der Waals surface area contributed by atoms with Crippen molar-refractivity contribution in [3.63, 3.8) is 0 Å². The standard InChI is InChI=1S/C13H12O2S2/c14-13(15)12-8-10-9(4-1-2-7-16)5-3-6-11(10)17-12/h1,3-6,8,16H,2,7H2,(H,14,15). The van der Waals surface area contributed by atoms with E-state index in [0.717, 1.165) is 27.8 Å². The average molecular weight is 264 g/mol. The van der Waals surface area contributed by atoms with Crippen molar-refractivity contribution in [1.29, 1.82) is 0 Å². The molecule has 1 aromatic carbocycles. The highest BCUT2D eigenvalue weighted by Gasteiger charge is 2.09. The molecule has 0 saturated heterocycles. The van der Waals surface area contributed by atoms with Crippen LogP contribution in [0.5, 0.6) is 0 Å². The van der Waals surface area contributed by atoms with Crippen molar-refractivity contribution in [3.05, 3.63) is 40.8 Å². The minimum Gasteiger partial charge on any atom is -0.477 e. The summed E-state index contributed by atoms with van der Waals surface area (Å²) in [5.74, 6) is -0.0484. The number of hydrogen-bond donors (Lipinski definition) is 2. The number of rotatable bonds is 4. The number of carboxylic acid groups (broad SMARTS) is 1. The molecule has 0 atom stereocenters. The summed E-state index contributed by atoms with van der Waals surface area (Å²) in [5, 5.41) is 9.98. The van der Waals surface area contributed by atoms with Gasteiger partial charge in [0.05, 0.1) is 0 Å². The minimum atomic E-state index is -0.864. The molecule has 1 aromatic heterocycles. The lowest BCUT2D eigenvalue weighted by molar-refractivity contribution is 0.0702. The van der Waals surface area contributed by atoms with Crippen molar-refractivity contribution in [1.82, 2.24) is 0 Å². The predicted molar refractivity (Wildman–Crippen MR) is 76.3 cm³/mol. The Balaban J connectivity index is 2.45. The number of allylic oxidation sites excluding steroid dienone is 1. The van der Waals surface area contributed by atoms with Crippen molar-refractivity contribution in [2.45, 2.75) is 6.42 Å². The summed E-state index contributed by atoms with van der Waals surface area (Å²) in [6.07, 6.45) is 4.99. The van der Waals surface area contributed by atoms with E-state index in [0.29, 0.717) is 4.88 Å². The van der Waals surface area contributed by atoms with Crippen molar-refractivity contribution < 1.29 is 9.90 Å². The second kappa shape index (κ2) is 5.38. The lowest BCUT2D eigenvalue weighted by atomic mass is 10.1. The van der Waals surface area contributed by atoms with Crippen molar-refractivity contribution in [2.24, 2.45) is 0 Å². The van der Waals surface area contributed by atoms with E-state index < -0.39 is 5.97 Å². The smallest absolute Gasteiger partial charge is 0.345 e. The number of carbonyl (C=O) groups is 1. The van der Waals surface area contributed by atoms with Crippen LogP contribution >= 0.6 is 24.0 Å². The zero-order chi connectivity index (χ0) is 12.3.